The van der Waals surface area contributed by atoms with Crippen LogP contribution in [0.5, 0.6) is 0 Å². The van der Waals surface area contributed by atoms with E-state index in [2.05, 4.69) is 4.99 Å². The zero-order chi connectivity index (χ0) is 19.2. The Bertz CT molecular complexity index is 1040. The molecule has 27 heavy (non-hydrogen) atoms. The van der Waals surface area contributed by atoms with Crippen molar-refractivity contribution in [3.63, 3.8) is 0 Å². The normalized spacial score (nSPS) is 25.0. The smallest absolute Gasteiger partial charge is 0.279 e. The van der Waals surface area contributed by atoms with E-state index in [1.54, 1.807) is 47.4 Å². The Morgan fingerprint density at radius 3 is 2.52 bits per heavy atom. The number of anilines is 1. The first-order valence-electron chi connectivity index (χ1n) is 8.13. The summed E-state index contributed by atoms with van der Waals surface area (Å²) < 4.78 is 24.2. The molecule has 140 valence electrons. The highest BCUT2D eigenvalue weighted by Gasteiger charge is 2.49. The van der Waals surface area contributed by atoms with Gasteiger partial charge in [-0.3, -0.25) is 4.79 Å². The lowest BCUT2D eigenvalue weighted by Gasteiger charge is -2.24. The van der Waals surface area contributed by atoms with Crippen LogP contribution >= 0.6 is 35.0 Å². The number of carbonyl (C=O) groups is 1. The maximum Gasteiger partial charge on any atom is 0.279 e. The van der Waals surface area contributed by atoms with Crippen molar-refractivity contribution in [2.24, 2.45) is 4.99 Å². The maximum atomic E-state index is 12.6. The summed E-state index contributed by atoms with van der Waals surface area (Å²) in [7, 11) is -3.13. The number of nitrogens with zero attached hydrogens (tertiary/aromatic N) is 2. The summed E-state index contributed by atoms with van der Waals surface area (Å²) in [4.78, 5) is 18.6. The van der Waals surface area contributed by atoms with E-state index < -0.39 is 9.84 Å². The standard InChI is InChI=1S/C18H14Cl2N2O3S2/c19-13-7-6-12(8-14(13)20)22-15-9-27(24,25)10-16(15)26-18(22)21-17(23)11-4-2-1-3-5-11/h1-8,15-16H,9-10H2/t15-,16+/m1/s1. The van der Waals surface area contributed by atoms with Crippen LogP contribution in [0.25, 0.3) is 0 Å². The molecule has 2 aromatic carbocycles. The van der Waals surface area contributed by atoms with Gasteiger partial charge in [0.15, 0.2) is 15.0 Å². The number of benzene rings is 2. The molecule has 2 aliphatic rings. The monoisotopic (exact) mass is 440 g/mol. The molecule has 0 aromatic heterocycles. The number of fused-ring (bicyclic) bond motifs is 1. The number of rotatable bonds is 2. The topological polar surface area (TPSA) is 66.8 Å². The lowest BCUT2D eigenvalue weighted by Crippen LogP contribution is -2.37. The minimum atomic E-state index is -3.13. The van der Waals surface area contributed by atoms with Gasteiger partial charge in [-0.15, -0.1) is 0 Å². The Kier molecular flexibility index (Phi) is 4.96. The van der Waals surface area contributed by atoms with Crippen LogP contribution < -0.4 is 4.90 Å². The van der Waals surface area contributed by atoms with Gasteiger partial charge in [-0.2, -0.15) is 4.99 Å². The Labute approximate surface area is 171 Å². The number of aliphatic imine (C=N–C) groups is 1. The van der Waals surface area contributed by atoms with Crippen molar-refractivity contribution in [2.45, 2.75) is 11.3 Å². The molecule has 1 amide bonds. The van der Waals surface area contributed by atoms with Crippen molar-refractivity contribution >= 4 is 61.6 Å². The lowest BCUT2D eigenvalue weighted by molar-refractivity contribution is 0.100. The molecule has 9 heteroatoms. The number of carbonyl (C=O) groups excluding carboxylic acids is 1. The van der Waals surface area contributed by atoms with Gasteiger partial charge < -0.3 is 4.90 Å². The van der Waals surface area contributed by atoms with Gasteiger partial charge in [0.1, 0.15) is 0 Å². The third-order valence-electron chi connectivity index (χ3n) is 4.47. The third kappa shape index (κ3) is 3.74. The Hall–Kier alpha value is -1.54. The fourth-order valence-corrected chi connectivity index (χ4v) is 7.44. The van der Waals surface area contributed by atoms with Crippen molar-refractivity contribution < 1.29 is 13.2 Å². The Morgan fingerprint density at radius 2 is 1.81 bits per heavy atom. The van der Waals surface area contributed by atoms with Crippen LogP contribution in [0.4, 0.5) is 5.69 Å². The molecule has 4 rings (SSSR count). The van der Waals surface area contributed by atoms with Crippen LogP contribution in [0.1, 0.15) is 10.4 Å². The summed E-state index contributed by atoms with van der Waals surface area (Å²) in [6.07, 6.45) is 0. The van der Waals surface area contributed by atoms with Crippen molar-refractivity contribution in [2.75, 3.05) is 16.4 Å². The minimum Gasteiger partial charge on any atom is -0.316 e. The highest BCUT2D eigenvalue weighted by atomic mass is 35.5. The van der Waals surface area contributed by atoms with E-state index >= 15 is 0 Å². The van der Waals surface area contributed by atoms with Crippen LogP contribution in [0.15, 0.2) is 53.5 Å². The molecule has 0 saturated carbocycles. The van der Waals surface area contributed by atoms with Gasteiger partial charge in [-0.05, 0) is 30.3 Å². The molecule has 0 aliphatic carbocycles. The summed E-state index contributed by atoms with van der Waals surface area (Å²) in [5.41, 5.74) is 1.14. The number of thioether (sulfide) groups is 1. The van der Waals surface area contributed by atoms with E-state index in [0.717, 1.165) is 0 Å². The predicted octanol–water partition coefficient (Wildman–Crippen LogP) is 3.91. The van der Waals surface area contributed by atoms with Crippen LogP contribution in [-0.2, 0) is 9.84 Å². The molecule has 2 atom stereocenters. The highest BCUT2D eigenvalue weighted by molar-refractivity contribution is 8.16. The Morgan fingerprint density at radius 1 is 1.07 bits per heavy atom. The molecule has 2 aromatic rings. The van der Waals surface area contributed by atoms with E-state index in [1.165, 1.54) is 11.8 Å². The van der Waals surface area contributed by atoms with Gasteiger partial charge in [0.25, 0.3) is 5.91 Å². The van der Waals surface area contributed by atoms with Crippen molar-refractivity contribution in [3.05, 3.63) is 64.1 Å². The van der Waals surface area contributed by atoms with Crippen LogP contribution in [0.3, 0.4) is 0 Å². The van der Waals surface area contributed by atoms with Gasteiger partial charge in [-0.1, -0.05) is 53.2 Å². The highest BCUT2D eigenvalue weighted by Crippen LogP contribution is 2.42. The van der Waals surface area contributed by atoms with Gasteiger partial charge in [0.2, 0.25) is 0 Å². The van der Waals surface area contributed by atoms with Crippen molar-refractivity contribution in [3.8, 4) is 0 Å². The van der Waals surface area contributed by atoms with Gasteiger partial charge in [-0.25, -0.2) is 8.42 Å². The second-order valence-electron chi connectivity index (χ2n) is 6.33. The second kappa shape index (κ2) is 7.13. The summed E-state index contributed by atoms with van der Waals surface area (Å²) in [6, 6.07) is 13.5. The van der Waals surface area contributed by atoms with Crippen molar-refractivity contribution in [1.82, 2.24) is 0 Å². The number of halogens is 2. The van der Waals surface area contributed by atoms with Gasteiger partial charge in [0, 0.05) is 16.5 Å². The third-order valence-corrected chi connectivity index (χ3v) is 8.41. The first-order chi connectivity index (χ1) is 12.8. The molecule has 2 fully saturated rings. The van der Waals surface area contributed by atoms with Crippen molar-refractivity contribution in [1.29, 1.82) is 0 Å². The average Bonchev–Trinajstić information content (AvgIpc) is 3.09. The molecule has 0 unspecified atom stereocenters. The molecule has 2 heterocycles. The van der Waals surface area contributed by atoms with Crippen LogP contribution in [0, 0.1) is 0 Å². The molecule has 0 bridgehead atoms. The summed E-state index contributed by atoms with van der Waals surface area (Å²) in [6.45, 7) is 0. The molecule has 2 aliphatic heterocycles. The number of sulfone groups is 1. The molecular weight excluding hydrogens is 427 g/mol. The zero-order valence-corrected chi connectivity index (χ0v) is 17.0. The second-order valence-corrected chi connectivity index (χ2v) is 10.5. The quantitative estimate of drug-likeness (QED) is 0.707. The molecule has 5 nitrogen and oxygen atoms in total. The molecular formula is C18H14Cl2N2O3S2. The predicted molar refractivity (Wildman–Crippen MR) is 111 cm³/mol. The molecule has 0 N–H and O–H groups in total. The summed E-state index contributed by atoms with van der Waals surface area (Å²) >= 11 is 13.5. The fourth-order valence-electron chi connectivity index (χ4n) is 3.23. The maximum absolute atomic E-state index is 12.6. The van der Waals surface area contributed by atoms with Crippen LogP contribution in [0.2, 0.25) is 10.0 Å². The number of amides is 1. The van der Waals surface area contributed by atoms with E-state index in [4.69, 9.17) is 23.2 Å². The fraction of sp³-hybridized carbons (Fsp3) is 0.222. The van der Waals surface area contributed by atoms with E-state index in [1.807, 2.05) is 6.07 Å². The van der Waals surface area contributed by atoms with E-state index in [0.29, 0.717) is 26.5 Å². The van der Waals surface area contributed by atoms with Gasteiger partial charge >= 0.3 is 0 Å². The zero-order valence-electron chi connectivity index (χ0n) is 13.9. The first-order valence-corrected chi connectivity index (χ1v) is 11.6. The van der Waals surface area contributed by atoms with E-state index in [-0.39, 0.29) is 28.7 Å². The largest absolute Gasteiger partial charge is 0.316 e. The average molecular weight is 441 g/mol. The van der Waals surface area contributed by atoms with E-state index in [9.17, 15) is 13.2 Å². The lowest BCUT2D eigenvalue weighted by atomic mass is 10.2. The summed E-state index contributed by atoms with van der Waals surface area (Å²) in [5.74, 6) is -0.284. The van der Waals surface area contributed by atoms with Crippen LogP contribution in [-0.4, -0.2) is 42.3 Å². The SMILES string of the molecule is O=C(N=C1S[C@H]2CS(=O)(=O)C[C@H]2N1c1ccc(Cl)c(Cl)c1)c1ccccc1. The number of amidine groups is 1. The molecule has 0 spiro atoms. The minimum absolute atomic E-state index is 0.0173. The number of hydrogen-bond donors (Lipinski definition) is 0. The molecule has 0 radical (unpaired) electrons. The van der Waals surface area contributed by atoms with Gasteiger partial charge in [0.05, 0.1) is 27.6 Å². The first kappa shape index (κ1) is 18.8. The molecule has 2 saturated heterocycles. The summed E-state index contributed by atoms with van der Waals surface area (Å²) in [5, 5.41) is 1.07. The number of hydrogen-bond acceptors (Lipinski definition) is 4. The Balaban J connectivity index is 1.75.